The molecule has 0 amide bonds. The minimum absolute atomic E-state index is 0.135. The molecule has 0 radical (unpaired) electrons. The SMILES string of the molecule is COC(=O)c1ccc(N2CCC(N[C@@H](CNCc3ccc(OC)c(OC)c3)c3ccccc3C(C)C)CC2)cc1Oc1cnc2[nH]ccc2c1. The van der Waals surface area contributed by atoms with Gasteiger partial charge in [-0.25, -0.2) is 9.78 Å². The predicted octanol–water partition coefficient (Wildman–Crippen LogP) is 7.37. The first-order valence-corrected chi connectivity index (χ1v) is 17.2. The first-order chi connectivity index (χ1) is 24.4. The van der Waals surface area contributed by atoms with Crippen molar-refractivity contribution in [3.8, 4) is 23.0 Å². The Hall–Kier alpha value is -5.06. The highest BCUT2D eigenvalue weighted by atomic mass is 16.5. The van der Waals surface area contributed by atoms with Gasteiger partial charge in [0.15, 0.2) is 11.5 Å². The third-order valence-electron chi connectivity index (χ3n) is 9.39. The molecule has 1 aliphatic heterocycles. The van der Waals surface area contributed by atoms with E-state index in [1.807, 2.05) is 42.6 Å². The van der Waals surface area contributed by atoms with Crippen molar-refractivity contribution < 1.29 is 23.7 Å². The van der Waals surface area contributed by atoms with Crippen LogP contribution in [0.15, 0.2) is 85.2 Å². The van der Waals surface area contributed by atoms with E-state index in [1.165, 1.54) is 18.2 Å². The highest BCUT2D eigenvalue weighted by Crippen LogP contribution is 2.34. The van der Waals surface area contributed by atoms with Crippen LogP contribution in [0.25, 0.3) is 11.0 Å². The number of anilines is 1. The number of esters is 1. The molecule has 10 heteroatoms. The third-order valence-corrected chi connectivity index (χ3v) is 9.39. The van der Waals surface area contributed by atoms with Crippen LogP contribution in [0.1, 0.15) is 65.7 Å². The normalized spacial score (nSPS) is 14.2. The van der Waals surface area contributed by atoms with Gasteiger partial charge in [-0.15, -0.1) is 0 Å². The number of aromatic nitrogens is 2. The molecule has 0 saturated carbocycles. The van der Waals surface area contributed by atoms with Crippen LogP contribution in [-0.2, 0) is 11.3 Å². The summed E-state index contributed by atoms with van der Waals surface area (Å²) in [7, 11) is 4.69. The van der Waals surface area contributed by atoms with E-state index in [9.17, 15) is 4.79 Å². The fourth-order valence-corrected chi connectivity index (χ4v) is 6.73. The van der Waals surface area contributed by atoms with Crippen molar-refractivity contribution in [2.45, 2.75) is 51.2 Å². The summed E-state index contributed by atoms with van der Waals surface area (Å²) in [5, 5.41) is 8.66. The van der Waals surface area contributed by atoms with Gasteiger partial charge in [-0.05, 0) is 71.8 Å². The Bertz CT molecular complexity index is 1900. The van der Waals surface area contributed by atoms with Crippen molar-refractivity contribution >= 4 is 22.7 Å². The van der Waals surface area contributed by atoms with Gasteiger partial charge in [-0.2, -0.15) is 0 Å². The van der Waals surface area contributed by atoms with Crippen molar-refractivity contribution in [2.75, 3.05) is 45.9 Å². The topological polar surface area (TPSA) is 110 Å². The van der Waals surface area contributed by atoms with Crippen LogP contribution in [0.2, 0.25) is 0 Å². The van der Waals surface area contributed by atoms with Crippen LogP contribution in [0.3, 0.4) is 0 Å². The number of aromatic amines is 1. The van der Waals surface area contributed by atoms with Gasteiger partial charge in [0.25, 0.3) is 0 Å². The molecule has 1 saturated heterocycles. The monoisotopic (exact) mass is 677 g/mol. The summed E-state index contributed by atoms with van der Waals surface area (Å²) in [5.41, 5.74) is 5.97. The van der Waals surface area contributed by atoms with E-state index in [2.05, 4.69) is 69.7 Å². The molecule has 1 aliphatic rings. The molecule has 262 valence electrons. The summed E-state index contributed by atoms with van der Waals surface area (Å²) in [6.07, 6.45) is 5.43. The smallest absolute Gasteiger partial charge is 0.341 e. The number of H-pyrrole nitrogens is 1. The molecule has 50 heavy (non-hydrogen) atoms. The maximum absolute atomic E-state index is 12.7. The summed E-state index contributed by atoms with van der Waals surface area (Å²) in [4.78, 5) is 22.5. The summed E-state index contributed by atoms with van der Waals surface area (Å²) in [6.45, 7) is 7.72. The number of benzene rings is 3. The first kappa shape index (κ1) is 34.8. The van der Waals surface area contributed by atoms with Crippen molar-refractivity contribution in [2.24, 2.45) is 0 Å². The fraction of sp³-hybridized carbons (Fsp3) is 0.350. The second-order valence-electron chi connectivity index (χ2n) is 12.9. The number of hydrogen-bond acceptors (Lipinski definition) is 9. The summed E-state index contributed by atoms with van der Waals surface area (Å²) in [5.74, 6) is 2.41. The zero-order valence-electron chi connectivity index (χ0n) is 29.5. The van der Waals surface area contributed by atoms with Crippen molar-refractivity contribution in [1.29, 1.82) is 0 Å². The van der Waals surface area contributed by atoms with Gasteiger partial charge < -0.3 is 39.5 Å². The molecule has 0 aliphatic carbocycles. The third kappa shape index (κ3) is 8.04. The second kappa shape index (κ2) is 16.1. The van der Waals surface area contributed by atoms with E-state index in [0.717, 1.165) is 66.3 Å². The molecule has 5 aromatic rings. The maximum atomic E-state index is 12.7. The number of fused-ring (bicyclic) bond motifs is 1. The van der Waals surface area contributed by atoms with Gasteiger partial charge in [0.1, 0.15) is 22.7 Å². The van der Waals surface area contributed by atoms with E-state index >= 15 is 0 Å². The molecule has 2 aromatic heterocycles. The standard InChI is InChI=1S/C40H47N5O5/c1-26(2)32-8-6-7-9-33(32)35(25-41-23-27-10-13-36(47-3)38(20-27)48-4)44-29-15-18-45(19-16-29)30-11-12-34(40(46)49-5)37(22-30)50-31-21-28-14-17-42-39(28)43-24-31/h6-14,17,20-22,24,26,29,35,41,44H,15-16,18-19,23,25H2,1-5H3,(H,42,43)/t35-/m0/s1. The van der Waals surface area contributed by atoms with Crippen molar-refractivity contribution in [3.63, 3.8) is 0 Å². The maximum Gasteiger partial charge on any atom is 0.341 e. The van der Waals surface area contributed by atoms with Crippen LogP contribution in [0, 0.1) is 0 Å². The van der Waals surface area contributed by atoms with Crippen LogP contribution < -0.4 is 29.7 Å². The Kier molecular flexibility index (Phi) is 11.2. The molecule has 10 nitrogen and oxygen atoms in total. The van der Waals surface area contributed by atoms with E-state index < -0.39 is 5.97 Å². The molecule has 0 bridgehead atoms. The zero-order chi connectivity index (χ0) is 35.0. The average molecular weight is 678 g/mol. The number of methoxy groups -OCH3 is 3. The molecule has 3 heterocycles. The van der Waals surface area contributed by atoms with Crippen molar-refractivity contribution in [1.82, 2.24) is 20.6 Å². The minimum Gasteiger partial charge on any atom is -0.493 e. The molecule has 0 unspecified atom stereocenters. The van der Waals surface area contributed by atoms with Gasteiger partial charge in [0.05, 0.1) is 27.5 Å². The van der Waals surface area contributed by atoms with Crippen LogP contribution >= 0.6 is 0 Å². The highest BCUT2D eigenvalue weighted by Gasteiger charge is 2.26. The number of nitrogens with zero attached hydrogens (tertiary/aromatic N) is 2. The molecule has 3 N–H and O–H groups in total. The Morgan fingerprint density at radius 3 is 2.44 bits per heavy atom. The number of carbonyl (C=O) groups excluding carboxylic acids is 1. The molecular weight excluding hydrogens is 630 g/mol. The summed E-state index contributed by atoms with van der Waals surface area (Å²) in [6, 6.07) is 24.8. The molecule has 0 spiro atoms. The van der Waals surface area contributed by atoms with Gasteiger partial charge in [0, 0.05) is 61.6 Å². The number of rotatable bonds is 14. The zero-order valence-corrected chi connectivity index (χ0v) is 29.5. The fourth-order valence-electron chi connectivity index (χ4n) is 6.73. The molecule has 6 rings (SSSR count). The Morgan fingerprint density at radius 1 is 0.920 bits per heavy atom. The van der Waals surface area contributed by atoms with Crippen LogP contribution in [-0.4, -0.2) is 62.9 Å². The molecular formula is C40H47N5O5. The Morgan fingerprint density at radius 2 is 1.70 bits per heavy atom. The number of nitrogens with one attached hydrogen (secondary N) is 3. The van der Waals surface area contributed by atoms with Gasteiger partial charge in [-0.1, -0.05) is 44.2 Å². The number of ether oxygens (including phenoxy) is 4. The van der Waals surface area contributed by atoms with E-state index in [1.54, 1.807) is 26.5 Å². The quantitative estimate of drug-likeness (QED) is 0.104. The average Bonchev–Trinajstić information content (AvgIpc) is 3.62. The van der Waals surface area contributed by atoms with Crippen LogP contribution in [0.5, 0.6) is 23.0 Å². The largest absolute Gasteiger partial charge is 0.493 e. The lowest BCUT2D eigenvalue weighted by Gasteiger charge is -2.37. The minimum atomic E-state index is -0.447. The summed E-state index contributed by atoms with van der Waals surface area (Å²) < 4.78 is 22.3. The lowest BCUT2D eigenvalue weighted by molar-refractivity contribution is 0.0598. The predicted molar refractivity (Wildman–Crippen MR) is 197 cm³/mol. The highest BCUT2D eigenvalue weighted by molar-refractivity contribution is 5.93. The van der Waals surface area contributed by atoms with Crippen molar-refractivity contribution in [3.05, 3.63) is 107 Å². The number of carbonyl (C=O) groups is 1. The van der Waals surface area contributed by atoms with E-state index in [-0.39, 0.29) is 6.04 Å². The number of hydrogen-bond donors (Lipinski definition) is 3. The molecule has 1 fully saturated rings. The Balaban J connectivity index is 1.14. The Labute approximate surface area is 294 Å². The lowest BCUT2D eigenvalue weighted by Crippen LogP contribution is -2.45. The molecule has 3 aromatic carbocycles. The molecule has 1 atom stereocenters. The lowest BCUT2D eigenvalue weighted by atomic mass is 9.91. The second-order valence-corrected chi connectivity index (χ2v) is 12.9. The first-order valence-electron chi connectivity index (χ1n) is 17.2. The number of pyridine rings is 1. The summed E-state index contributed by atoms with van der Waals surface area (Å²) >= 11 is 0. The van der Waals surface area contributed by atoms with Gasteiger partial charge >= 0.3 is 5.97 Å². The van der Waals surface area contributed by atoms with E-state index in [4.69, 9.17) is 18.9 Å². The van der Waals surface area contributed by atoms with Gasteiger partial charge in [0.2, 0.25) is 0 Å². The van der Waals surface area contributed by atoms with Gasteiger partial charge in [-0.3, -0.25) is 0 Å². The van der Waals surface area contributed by atoms with E-state index in [0.29, 0.717) is 35.6 Å². The number of piperidine rings is 1. The van der Waals surface area contributed by atoms with Crippen LogP contribution in [0.4, 0.5) is 5.69 Å².